The van der Waals surface area contributed by atoms with E-state index in [1.807, 2.05) is 25.5 Å². The number of aromatic hydroxyl groups is 1. The minimum Gasteiger partial charge on any atom is -0.507 e. The molecule has 3 aromatic heterocycles. The summed E-state index contributed by atoms with van der Waals surface area (Å²) in [5.74, 6) is 0.742. The summed E-state index contributed by atoms with van der Waals surface area (Å²) >= 11 is 0. The second-order valence-corrected chi connectivity index (χ2v) is 9.54. The molecular formula is C25H28N6O. The van der Waals surface area contributed by atoms with Gasteiger partial charge in [-0.25, -0.2) is 9.97 Å². The van der Waals surface area contributed by atoms with Crippen molar-refractivity contribution in [1.29, 1.82) is 0 Å². The number of piperazine rings is 1. The minimum absolute atomic E-state index is 0.199. The van der Waals surface area contributed by atoms with E-state index in [1.54, 1.807) is 10.7 Å². The summed E-state index contributed by atoms with van der Waals surface area (Å²) in [5, 5.41) is 20.8. The molecule has 32 heavy (non-hydrogen) atoms. The molecule has 4 heterocycles. The standard InChI is InChI=1S/C25H28N6O/c1-14-11-31(12-15(2)27-14)18-7-20-19(16-4-5-16)8-23(28-25(20)26-10-18)21-6-17-13-30(3)29-22(17)9-24(21)32/h6-10,13-16,27,32H,4-5,11-12H2,1-3H3/t14-,15-/m1/s1. The van der Waals surface area contributed by atoms with Crippen LogP contribution in [0.5, 0.6) is 5.75 Å². The van der Waals surface area contributed by atoms with Gasteiger partial charge in [0.1, 0.15) is 5.75 Å². The van der Waals surface area contributed by atoms with Crippen molar-refractivity contribution in [2.75, 3.05) is 18.0 Å². The Morgan fingerprint density at radius 1 is 1.06 bits per heavy atom. The first-order valence-electron chi connectivity index (χ1n) is 11.4. The van der Waals surface area contributed by atoms with Gasteiger partial charge in [0.15, 0.2) is 5.65 Å². The number of rotatable bonds is 3. The van der Waals surface area contributed by atoms with E-state index in [9.17, 15) is 5.11 Å². The highest BCUT2D eigenvalue weighted by atomic mass is 16.3. The Hall–Kier alpha value is -3.19. The van der Waals surface area contributed by atoms with Crippen molar-refractivity contribution in [3.63, 3.8) is 0 Å². The Bertz CT molecular complexity index is 1330. The number of fused-ring (bicyclic) bond motifs is 2. The molecule has 7 nitrogen and oxygen atoms in total. The van der Waals surface area contributed by atoms with Crippen molar-refractivity contribution >= 4 is 27.6 Å². The molecule has 0 spiro atoms. The van der Waals surface area contributed by atoms with Gasteiger partial charge in [0.25, 0.3) is 0 Å². The van der Waals surface area contributed by atoms with Crippen LogP contribution in [0, 0.1) is 0 Å². The number of hydrogen-bond donors (Lipinski definition) is 2. The maximum absolute atomic E-state index is 10.7. The molecule has 1 aromatic carbocycles. The molecule has 7 heteroatoms. The van der Waals surface area contributed by atoms with Gasteiger partial charge in [-0.15, -0.1) is 0 Å². The van der Waals surface area contributed by atoms with Gasteiger partial charge in [0, 0.05) is 60.8 Å². The third-order valence-corrected chi connectivity index (χ3v) is 6.63. The number of aryl methyl sites for hydroxylation is 1. The summed E-state index contributed by atoms with van der Waals surface area (Å²) in [7, 11) is 1.89. The average molecular weight is 429 g/mol. The fourth-order valence-electron chi connectivity index (χ4n) is 5.09. The molecule has 2 atom stereocenters. The molecule has 1 aliphatic heterocycles. The highest BCUT2D eigenvalue weighted by Crippen LogP contribution is 2.45. The number of anilines is 1. The van der Waals surface area contributed by atoms with Crippen molar-refractivity contribution < 1.29 is 5.11 Å². The first kappa shape index (κ1) is 19.5. The smallest absolute Gasteiger partial charge is 0.160 e. The molecular weight excluding hydrogens is 400 g/mol. The maximum atomic E-state index is 10.7. The van der Waals surface area contributed by atoms with Crippen LogP contribution >= 0.6 is 0 Å². The summed E-state index contributed by atoms with van der Waals surface area (Å²) in [5.41, 5.74) is 5.47. The summed E-state index contributed by atoms with van der Waals surface area (Å²) in [6, 6.07) is 9.01. The predicted octanol–water partition coefficient (Wildman–Crippen LogP) is 3.95. The number of nitrogens with one attached hydrogen (secondary N) is 1. The molecule has 2 N–H and O–H groups in total. The zero-order valence-corrected chi connectivity index (χ0v) is 18.7. The lowest BCUT2D eigenvalue weighted by Crippen LogP contribution is -2.54. The predicted molar refractivity (Wildman–Crippen MR) is 127 cm³/mol. The monoisotopic (exact) mass is 428 g/mol. The van der Waals surface area contributed by atoms with Crippen LogP contribution < -0.4 is 10.2 Å². The maximum Gasteiger partial charge on any atom is 0.160 e. The van der Waals surface area contributed by atoms with Crippen LogP contribution in [0.4, 0.5) is 5.69 Å². The van der Waals surface area contributed by atoms with Gasteiger partial charge in [-0.3, -0.25) is 4.68 Å². The van der Waals surface area contributed by atoms with E-state index in [2.05, 4.69) is 41.3 Å². The quantitative estimate of drug-likeness (QED) is 0.514. The lowest BCUT2D eigenvalue weighted by Gasteiger charge is -2.37. The van der Waals surface area contributed by atoms with Gasteiger partial charge in [-0.2, -0.15) is 5.10 Å². The Labute approximate surface area is 187 Å². The van der Waals surface area contributed by atoms with Crippen molar-refractivity contribution in [3.8, 4) is 17.0 Å². The normalized spacial score (nSPS) is 21.5. The van der Waals surface area contributed by atoms with E-state index in [0.717, 1.165) is 52.0 Å². The van der Waals surface area contributed by atoms with Crippen LogP contribution in [-0.4, -0.2) is 50.0 Å². The number of pyridine rings is 2. The average Bonchev–Trinajstić information content (AvgIpc) is 3.53. The van der Waals surface area contributed by atoms with Gasteiger partial charge in [-0.1, -0.05) is 0 Å². The Kier molecular flexibility index (Phi) is 4.37. The lowest BCUT2D eigenvalue weighted by molar-refractivity contribution is 0.407. The summed E-state index contributed by atoms with van der Waals surface area (Å²) in [6.07, 6.45) is 6.29. The Balaban J connectivity index is 1.47. The molecule has 2 aliphatic rings. The molecule has 1 saturated carbocycles. The molecule has 4 aromatic rings. The van der Waals surface area contributed by atoms with Crippen molar-refractivity contribution in [2.45, 2.75) is 44.7 Å². The lowest BCUT2D eigenvalue weighted by atomic mass is 10.0. The molecule has 1 aliphatic carbocycles. The van der Waals surface area contributed by atoms with Gasteiger partial charge >= 0.3 is 0 Å². The van der Waals surface area contributed by atoms with Crippen molar-refractivity contribution in [1.82, 2.24) is 25.1 Å². The van der Waals surface area contributed by atoms with E-state index in [0.29, 0.717) is 18.0 Å². The number of phenolic OH excluding ortho intramolecular Hbond substituents is 1. The molecule has 2 fully saturated rings. The summed E-state index contributed by atoms with van der Waals surface area (Å²) < 4.78 is 1.76. The van der Waals surface area contributed by atoms with Crippen molar-refractivity contribution in [3.05, 3.63) is 42.2 Å². The molecule has 6 rings (SSSR count). The fraction of sp³-hybridized carbons (Fsp3) is 0.400. The van der Waals surface area contributed by atoms with Gasteiger partial charge in [-0.05, 0) is 56.4 Å². The highest BCUT2D eigenvalue weighted by molar-refractivity contribution is 5.90. The topological polar surface area (TPSA) is 79.1 Å². The first-order chi connectivity index (χ1) is 15.4. The van der Waals surface area contributed by atoms with E-state index < -0.39 is 0 Å². The van der Waals surface area contributed by atoms with Crippen LogP contribution in [0.25, 0.3) is 33.2 Å². The molecule has 0 amide bonds. The number of benzene rings is 1. The SMILES string of the molecule is C[C@@H]1CN(c2cnc3nc(-c4cc5cn(C)nc5cc4O)cc(C4CC4)c3c2)C[C@@H](C)N1. The van der Waals surface area contributed by atoms with Gasteiger partial charge in [0.2, 0.25) is 0 Å². The van der Waals surface area contributed by atoms with E-state index in [1.165, 1.54) is 18.4 Å². The fourth-order valence-corrected chi connectivity index (χ4v) is 5.09. The first-order valence-corrected chi connectivity index (χ1v) is 11.4. The van der Waals surface area contributed by atoms with Crippen LogP contribution in [0.1, 0.15) is 38.2 Å². The second kappa shape index (κ2) is 7.17. The van der Waals surface area contributed by atoms with E-state index in [4.69, 9.17) is 9.97 Å². The second-order valence-electron chi connectivity index (χ2n) is 9.54. The summed E-state index contributed by atoms with van der Waals surface area (Å²) in [6.45, 7) is 6.40. The molecule has 164 valence electrons. The molecule has 0 radical (unpaired) electrons. The number of phenols is 1. The van der Waals surface area contributed by atoms with Crippen LogP contribution in [0.15, 0.2) is 36.7 Å². The number of nitrogens with zero attached hydrogens (tertiary/aromatic N) is 5. The van der Waals surface area contributed by atoms with Crippen molar-refractivity contribution in [2.24, 2.45) is 7.05 Å². The van der Waals surface area contributed by atoms with Gasteiger partial charge in [0.05, 0.1) is 23.1 Å². The highest BCUT2D eigenvalue weighted by Gasteiger charge is 2.28. The summed E-state index contributed by atoms with van der Waals surface area (Å²) in [4.78, 5) is 12.1. The largest absolute Gasteiger partial charge is 0.507 e. The van der Waals surface area contributed by atoms with Gasteiger partial charge < -0.3 is 15.3 Å². The number of hydrogen-bond acceptors (Lipinski definition) is 6. The minimum atomic E-state index is 0.199. The van der Waals surface area contributed by atoms with Crippen LogP contribution in [-0.2, 0) is 7.05 Å². The number of aromatic nitrogens is 4. The van der Waals surface area contributed by atoms with Crippen LogP contribution in [0.2, 0.25) is 0 Å². The Morgan fingerprint density at radius 3 is 2.59 bits per heavy atom. The van der Waals surface area contributed by atoms with E-state index >= 15 is 0 Å². The Morgan fingerprint density at radius 2 is 1.84 bits per heavy atom. The third-order valence-electron chi connectivity index (χ3n) is 6.63. The molecule has 0 unspecified atom stereocenters. The zero-order valence-electron chi connectivity index (χ0n) is 18.7. The molecule has 1 saturated heterocycles. The van der Waals surface area contributed by atoms with Crippen LogP contribution in [0.3, 0.4) is 0 Å². The van der Waals surface area contributed by atoms with E-state index in [-0.39, 0.29) is 5.75 Å². The zero-order chi connectivity index (χ0) is 22.0. The molecule has 0 bridgehead atoms. The third kappa shape index (κ3) is 3.37.